The average molecular weight is 828 g/mol. The van der Waals surface area contributed by atoms with Gasteiger partial charge < -0.3 is 0 Å². The summed E-state index contributed by atoms with van der Waals surface area (Å²) in [5.41, 5.74) is 0. The molecule has 2 aromatic heterocycles. The fraction of sp³-hybridized carbons (Fsp3) is 0.722. The molecule has 0 aliphatic carbocycles. The van der Waals surface area contributed by atoms with E-state index in [4.69, 9.17) is 9.47 Å². The Morgan fingerprint density at radius 3 is 1.10 bits per heavy atom. The molecule has 0 bridgehead atoms. The Balaban J connectivity index is 1.81. The van der Waals surface area contributed by atoms with Crippen molar-refractivity contribution in [1.29, 1.82) is 0 Å². The van der Waals surface area contributed by atoms with Gasteiger partial charge in [0.2, 0.25) is 0 Å². The minimum atomic E-state index is -2.27. The van der Waals surface area contributed by atoms with E-state index in [0.29, 0.717) is 0 Å². The van der Waals surface area contributed by atoms with Crippen LogP contribution in [0.25, 0.3) is 20.2 Å². The van der Waals surface area contributed by atoms with Crippen molar-refractivity contribution in [2.75, 3.05) is 13.2 Å². The van der Waals surface area contributed by atoms with Gasteiger partial charge in [-0.25, -0.2) is 0 Å². The number of fused-ring (bicyclic) bond motifs is 2. The monoisotopic (exact) mass is 830 g/mol. The van der Waals surface area contributed by atoms with Crippen molar-refractivity contribution in [3.63, 3.8) is 0 Å². The Hall–Kier alpha value is 0.337. The second-order valence-electron chi connectivity index (χ2n) is 14.5. The van der Waals surface area contributed by atoms with E-state index >= 15 is 0 Å². The first-order chi connectivity index (χ1) is 20.1. The van der Waals surface area contributed by atoms with Gasteiger partial charge in [0.15, 0.2) is 0 Å². The average Bonchev–Trinajstić information content (AvgIpc) is 3.58. The molecule has 0 atom stereocenters. The molecule has 0 amide bonds. The number of hydrogen-bond acceptors (Lipinski definition) is 4. The molecule has 3 rings (SSSR count). The van der Waals surface area contributed by atoms with Crippen molar-refractivity contribution in [3.8, 4) is 11.5 Å². The molecule has 238 valence electrons. The van der Waals surface area contributed by atoms with Crippen molar-refractivity contribution in [1.82, 2.24) is 0 Å². The maximum atomic E-state index is 6.79. The van der Waals surface area contributed by atoms with Crippen LogP contribution in [-0.2, 0) is 0 Å². The summed E-state index contributed by atoms with van der Waals surface area (Å²) in [6, 6.07) is 5.03. The predicted molar refractivity (Wildman–Crippen MR) is 199 cm³/mol. The number of hydrogen-bond donors (Lipinski definition) is 0. The molecule has 3 aromatic rings. The zero-order valence-electron chi connectivity index (χ0n) is 28.5. The van der Waals surface area contributed by atoms with E-state index in [-0.39, 0.29) is 0 Å². The Bertz CT molecular complexity index is 1050. The van der Waals surface area contributed by atoms with Gasteiger partial charge in [0.05, 0.1) is 0 Å². The molecule has 0 saturated carbocycles. The Morgan fingerprint density at radius 1 is 0.476 bits per heavy atom. The van der Waals surface area contributed by atoms with Crippen LogP contribution in [0.5, 0.6) is 11.5 Å². The van der Waals surface area contributed by atoms with Crippen molar-refractivity contribution in [2.45, 2.75) is 146 Å². The number of ether oxygens (including phenoxy) is 2. The van der Waals surface area contributed by atoms with Gasteiger partial charge in [-0.15, -0.1) is 0 Å². The van der Waals surface area contributed by atoms with Gasteiger partial charge >= 0.3 is 238 Å². The summed E-state index contributed by atoms with van der Waals surface area (Å²) in [7, 11) is 0. The third-order valence-electron chi connectivity index (χ3n) is 8.33. The molecule has 0 aliphatic heterocycles. The first kappa shape index (κ1) is 36.8. The van der Waals surface area contributed by atoms with Gasteiger partial charge in [0.25, 0.3) is 0 Å². The number of benzene rings is 1. The summed E-state index contributed by atoms with van der Waals surface area (Å²) < 4.78 is 19.5. The fourth-order valence-corrected chi connectivity index (χ4v) is 18.3. The molecule has 42 heavy (non-hydrogen) atoms. The molecule has 6 heteroatoms. The predicted octanol–water partition coefficient (Wildman–Crippen LogP) is 12.2. The number of unbranched alkanes of at least 4 members (excludes halogenated alkanes) is 14. The van der Waals surface area contributed by atoms with Gasteiger partial charge in [-0.2, -0.15) is 0 Å². The van der Waals surface area contributed by atoms with Crippen molar-refractivity contribution in [2.24, 2.45) is 0 Å². The molecule has 0 fully saturated rings. The van der Waals surface area contributed by atoms with E-state index in [9.17, 15) is 0 Å². The molecule has 0 N–H and O–H groups in total. The SMILES string of the molecule is CCCCCCCCCCOc1c2c[c]([Sn]([CH3])([CH3])[CH3])sc2c(OCCCCCCCCCC)c2c[c]([Sn]([CH3])([CH3])[CH3])sc12. The quantitative estimate of drug-likeness (QED) is 0.0742. The van der Waals surface area contributed by atoms with Crippen LogP contribution in [0.3, 0.4) is 0 Å². The van der Waals surface area contributed by atoms with E-state index in [2.05, 4.69) is 55.6 Å². The third-order valence-corrected chi connectivity index (χ3v) is 29.5. The number of thiophene rings is 2. The van der Waals surface area contributed by atoms with Crippen LogP contribution in [0.2, 0.25) is 29.6 Å². The fourth-order valence-electron chi connectivity index (χ4n) is 5.55. The Morgan fingerprint density at radius 2 is 0.786 bits per heavy atom. The Kier molecular flexibility index (Phi) is 16.2. The normalized spacial score (nSPS) is 12.6. The molecular weight excluding hydrogens is 766 g/mol. The van der Waals surface area contributed by atoms with E-state index in [0.717, 1.165) is 37.6 Å². The molecule has 0 radical (unpaired) electrons. The zero-order valence-corrected chi connectivity index (χ0v) is 35.9. The van der Waals surface area contributed by atoms with Crippen LogP contribution < -0.4 is 15.3 Å². The third kappa shape index (κ3) is 11.3. The zero-order chi connectivity index (χ0) is 30.6. The van der Waals surface area contributed by atoms with Gasteiger partial charge in [0.1, 0.15) is 0 Å². The summed E-state index contributed by atoms with van der Waals surface area (Å²) in [4.78, 5) is 15.2. The molecule has 0 unspecified atom stereocenters. The first-order valence-corrected chi connectivity index (χ1v) is 39.0. The van der Waals surface area contributed by atoms with Crippen molar-refractivity contribution < 1.29 is 9.47 Å². The molecule has 0 spiro atoms. The number of rotatable bonds is 22. The summed E-state index contributed by atoms with van der Waals surface area (Å²) in [6.45, 7) is 6.24. The van der Waals surface area contributed by atoms with Crippen molar-refractivity contribution in [3.05, 3.63) is 12.1 Å². The van der Waals surface area contributed by atoms with E-state index in [1.165, 1.54) is 110 Å². The first-order valence-electron chi connectivity index (χ1n) is 17.4. The van der Waals surface area contributed by atoms with Crippen LogP contribution in [-0.4, -0.2) is 50.0 Å². The molecular formula is C36H62O2S2Sn2. The van der Waals surface area contributed by atoms with Crippen LogP contribution in [0, 0.1) is 0 Å². The molecule has 1 aromatic carbocycles. The summed E-state index contributed by atoms with van der Waals surface area (Å²) in [5.74, 6) is 2.32. The summed E-state index contributed by atoms with van der Waals surface area (Å²) in [5, 5.41) is 2.66. The van der Waals surface area contributed by atoms with Gasteiger partial charge in [-0.05, 0) is 0 Å². The molecule has 0 saturated heterocycles. The molecule has 2 nitrogen and oxygen atoms in total. The second kappa shape index (κ2) is 18.5. The standard InChI is InChI=1S/C30H44O2S2.6CH3.2Sn/c1-3-5-7-9-11-13-15-17-21-31-27-25-19-23-34-30(25)28(26-20-24-33-29(26)27)32-22-18-16-14-12-10-8-6-4-2;;;;;;;;/h19-20H,3-18,21-22H2,1-2H3;6*1H3;;. The van der Waals surface area contributed by atoms with Gasteiger partial charge in [0, 0.05) is 0 Å². The van der Waals surface area contributed by atoms with E-state index in [1.807, 2.05) is 22.7 Å². The van der Waals surface area contributed by atoms with Crippen LogP contribution in [0.15, 0.2) is 12.1 Å². The molecule has 2 heterocycles. The van der Waals surface area contributed by atoms with Gasteiger partial charge in [-0.3, -0.25) is 0 Å². The maximum absolute atomic E-state index is 6.79. The van der Waals surface area contributed by atoms with E-state index in [1.54, 1.807) is 5.79 Å². The molecule has 0 aliphatic rings. The van der Waals surface area contributed by atoms with Gasteiger partial charge in [-0.1, -0.05) is 39.5 Å². The van der Waals surface area contributed by atoms with Crippen LogP contribution in [0.4, 0.5) is 0 Å². The minimum absolute atomic E-state index is 0.827. The van der Waals surface area contributed by atoms with Crippen LogP contribution >= 0.6 is 22.7 Å². The van der Waals surface area contributed by atoms with Crippen LogP contribution in [0.1, 0.15) is 117 Å². The topological polar surface area (TPSA) is 18.5 Å². The second-order valence-corrected chi connectivity index (χ2v) is 47.4. The summed E-state index contributed by atoms with van der Waals surface area (Å²) in [6.07, 6.45) is 21.3. The Labute approximate surface area is 275 Å². The summed E-state index contributed by atoms with van der Waals surface area (Å²) >= 11 is -0.486. The van der Waals surface area contributed by atoms with E-state index < -0.39 is 36.8 Å². The van der Waals surface area contributed by atoms with Crippen molar-refractivity contribution >= 4 is 85.4 Å².